The molecule has 2 nitrogen and oxygen atoms in total. The molecule has 0 atom stereocenters. The lowest BCUT2D eigenvalue weighted by Crippen LogP contribution is -2.03. The van der Waals surface area contributed by atoms with Gasteiger partial charge in [-0.3, -0.25) is 0 Å². The number of H-pyrrole nitrogens is 1. The smallest absolute Gasteiger partial charge is 0.123 e. The number of hydrogen-bond donors (Lipinski definition) is 2. The molecule has 102 valence electrons. The quantitative estimate of drug-likeness (QED) is 0.533. The zero-order valence-corrected chi connectivity index (χ0v) is 11.7. The maximum atomic E-state index is 12.8. The topological polar surface area (TPSA) is 27.8 Å². The van der Waals surface area contributed by atoms with Crippen LogP contribution in [0.1, 0.15) is 0 Å². The zero-order chi connectivity index (χ0) is 13.8. The normalized spacial score (nSPS) is 10.8. The van der Waals surface area contributed by atoms with Crippen LogP contribution < -0.4 is 5.32 Å². The molecular formula is C16H15FN2S. The predicted octanol–water partition coefficient (Wildman–Crippen LogP) is 4.51. The minimum atomic E-state index is -0.206. The molecule has 2 aromatic carbocycles. The summed E-state index contributed by atoms with van der Waals surface area (Å²) in [5, 5.41) is 5.69. The Morgan fingerprint density at radius 2 is 1.85 bits per heavy atom. The van der Waals surface area contributed by atoms with Gasteiger partial charge in [0.2, 0.25) is 0 Å². The average molecular weight is 286 g/mol. The van der Waals surface area contributed by atoms with E-state index in [0.29, 0.717) is 0 Å². The van der Waals surface area contributed by atoms with Crippen LogP contribution in [0.4, 0.5) is 10.1 Å². The second-order valence-electron chi connectivity index (χ2n) is 4.50. The van der Waals surface area contributed by atoms with E-state index in [4.69, 9.17) is 0 Å². The molecule has 0 saturated heterocycles. The number of thioether (sulfide) groups is 1. The summed E-state index contributed by atoms with van der Waals surface area (Å²) in [6.45, 7) is 0.839. The highest BCUT2D eigenvalue weighted by Crippen LogP contribution is 2.22. The number of anilines is 1. The van der Waals surface area contributed by atoms with Gasteiger partial charge in [0.25, 0.3) is 0 Å². The molecule has 3 aromatic rings. The van der Waals surface area contributed by atoms with Gasteiger partial charge >= 0.3 is 0 Å². The summed E-state index contributed by atoms with van der Waals surface area (Å²) < 4.78 is 12.8. The molecule has 0 bridgehead atoms. The summed E-state index contributed by atoms with van der Waals surface area (Å²) in [5.74, 6) is 0.743. The van der Waals surface area contributed by atoms with Crippen LogP contribution in [0.2, 0.25) is 0 Å². The molecule has 20 heavy (non-hydrogen) atoms. The highest BCUT2D eigenvalue weighted by Gasteiger charge is 2.00. The summed E-state index contributed by atoms with van der Waals surface area (Å²) in [7, 11) is 0. The van der Waals surface area contributed by atoms with Crippen LogP contribution in [0.15, 0.2) is 59.6 Å². The van der Waals surface area contributed by atoms with E-state index >= 15 is 0 Å². The van der Waals surface area contributed by atoms with Crippen molar-refractivity contribution in [2.24, 2.45) is 0 Å². The average Bonchev–Trinajstić information content (AvgIpc) is 2.88. The Bertz CT molecular complexity index is 658. The highest BCUT2D eigenvalue weighted by atomic mass is 32.2. The van der Waals surface area contributed by atoms with Crippen LogP contribution in [0.5, 0.6) is 0 Å². The van der Waals surface area contributed by atoms with Gasteiger partial charge in [-0.15, -0.1) is 11.8 Å². The Morgan fingerprint density at radius 1 is 1.05 bits per heavy atom. The number of rotatable bonds is 5. The van der Waals surface area contributed by atoms with Gasteiger partial charge < -0.3 is 10.3 Å². The van der Waals surface area contributed by atoms with Crippen molar-refractivity contribution >= 4 is 28.4 Å². The van der Waals surface area contributed by atoms with Crippen LogP contribution in [0, 0.1) is 5.82 Å². The molecule has 0 unspecified atom stereocenters. The van der Waals surface area contributed by atoms with Crippen molar-refractivity contribution in [1.29, 1.82) is 0 Å². The fourth-order valence-electron chi connectivity index (χ4n) is 2.05. The van der Waals surface area contributed by atoms with Crippen molar-refractivity contribution in [2.45, 2.75) is 5.03 Å². The van der Waals surface area contributed by atoms with Crippen LogP contribution in [0.25, 0.3) is 10.9 Å². The maximum absolute atomic E-state index is 12.8. The first kappa shape index (κ1) is 13.1. The van der Waals surface area contributed by atoms with Gasteiger partial charge in [-0.05, 0) is 36.4 Å². The molecule has 1 heterocycles. The number of fused-ring (bicyclic) bond motifs is 1. The molecule has 0 aliphatic heterocycles. The second kappa shape index (κ2) is 6.01. The van der Waals surface area contributed by atoms with Gasteiger partial charge in [0.1, 0.15) is 5.82 Å². The SMILES string of the molecule is Fc1ccc(NCCSc2cc3ccccc3[nH]2)cc1. The molecule has 0 radical (unpaired) electrons. The third kappa shape index (κ3) is 3.14. The molecule has 0 fully saturated rings. The van der Waals surface area contributed by atoms with Crippen molar-refractivity contribution in [2.75, 3.05) is 17.6 Å². The van der Waals surface area contributed by atoms with Gasteiger partial charge in [0.15, 0.2) is 0 Å². The Balaban J connectivity index is 1.51. The summed E-state index contributed by atoms with van der Waals surface area (Å²) in [4.78, 5) is 3.39. The number of para-hydroxylation sites is 1. The first-order valence-electron chi connectivity index (χ1n) is 6.51. The molecule has 0 saturated carbocycles. The van der Waals surface area contributed by atoms with Gasteiger partial charge in [-0.25, -0.2) is 4.39 Å². The predicted molar refractivity (Wildman–Crippen MR) is 83.9 cm³/mol. The monoisotopic (exact) mass is 286 g/mol. The first-order valence-corrected chi connectivity index (χ1v) is 7.50. The lowest BCUT2D eigenvalue weighted by molar-refractivity contribution is 0.628. The van der Waals surface area contributed by atoms with Crippen molar-refractivity contribution in [3.05, 3.63) is 60.4 Å². The van der Waals surface area contributed by atoms with Crippen LogP contribution in [-0.4, -0.2) is 17.3 Å². The molecule has 3 rings (SSSR count). The number of aromatic amines is 1. The zero-order valence-electron chi connectivity index (χ0n) is 10.9. The van der Waals surface area contributed by atoms with Crippen molar-refractivity contribution in [3.8, 4) is 0 Å². The van der Waals surface area contributed by atoms with Gasteiger partial charge in [-0.1, -0.05) is 18.2 Å². The fourth-order valence-corrected chi connectivity index (χ4v) is 2.87. The Labute approximate surface area is 121 Å². The molecular weight excluding hydrogens is 271 g/mol. The Morgan fingerprint density at radius 3 is 2.65 bits per heavy atom. The lowest BCUT2D eigenvalue weighted by atomic mass is 10.3. The number of aromatic nitrogens is 1. The summed E-state index contributed by atoms with van der Waals surface area (Å²) in [6.07, 6.45) is 0. The van der Waals surface area contributed by atoms with Crippen LogP contribution >= 0.6 is 11.8 Å². The Kier molecular flexibility index (Phi) is 3.92. The van der Waals surface area contributed by atoms with E-state index in [1.165, 1.54) is 28.1 Å². The molecule has 1 aromatic heterocycles. The standard InChI is InChI=1S/C16H15FN2S/c17-13-5-7-14(8-6-13)18-9-10-20-16-11-12-3-1-2-4-15(12)19-16/h1-8,11,18-19H,9-10H2. The van der Waals surface area contributed by atoms with E-state index in [1.807, 2.05) is 12.1 Å². The lowest BCUT2D eigenvalue weighted by Gasteiger charge is -2.05. The van der Waals surface area contributed by atoms with E-state index in [0.717, 1.165) is 18.0 Å². The van der Waals surface area contributed by atoms with Gasteiger partial charge in [0, 0.05) is 28.9 Å². The summed E-state index contributed by atoms with van der Waals surface area (Å²) in [6, 6.07) is 16.9. The molecule has 2 N–H and O–H groups in total. The minimum Gasteiger partial charge on any atom is -0.384 e. The number of hydrogen-bond acceptors (Lipinski definition) is 2. The molecule has 0 aliphatic rings. The number of benzene rings is 2. The summed E-state index contributed by atoms with van der Waals surface area (Å²) >= 11 is 1.78. The van der Waals surface area contributed by atoms with Gasteiger partial charge in [0.05, 0.1) is 5.03 Å². The Hall–Kier alpha value is -1.94. The highest BCUT2D eigenvalue weighted by molar-refractivity contribution is 7.99. The van der Waals surface area contributed by atoms with E-state index in [2.05, 4.69) is 28.5 Å². The summed E-state index contributed by atoms with van der Waals surface area (Å²) in [5.41, 5.74) is 2.12. The van der Waals surface area contributed by atoms with Crippen LogP contribution in [-0.2, 0) is 0 Å². The van der Waals surface area contributed by atoms with E-state index < -0.39 is 0 Å². The van der Waals surface area contributed by atoms with E-state index in [1.54, 1.807) is 23.9 Å². The molecule has 0 amide bonds. The number of nitrogens with one attached hydrogen (secondary N) is 2. The molecule has 4 heteroatoms. The molecule has 0 spiro atoms. The van der Waals surface area contributed by atoms with Crippen molar-refractivity contribution in [1.82, 2.24) is 4.98 Å². The largest absolute Gasteiger partial charge is 0.384 e. The van der Waals surface area contributed by atoms with Crippen molar-refractivity contribution < 1.29 is 4.39 Å². The maximum Gasteiger partial charge on any atom is 0.123 e. The second-order valence-corrected chi connectivity index (χ2v) is 5.64. The van der Waals surface area contributed by atoms with E-state index in [9.17, 15) is 4.39 Å². The van der Waals surface area contributed by atoms with E-state index in [-0.39, 0.29) is 5.82 Å². The number of halogens is 1. The first-order chi connectivity index (χ1) is 9.81. The fraction of sp³-hybridized carbons (Fsp3) is 0.125. The molecule has 0 aliphatic carbocycles. The third-order valence-electron chi connectivity index (χ3n) is 3.04. The van der Waals surface area contributed by atoms with Crippen molar-refractivity contribution in [3.63, 3.8) is 0 Å². The van der Waals surface area contributed by atoms with Crippen LogP contribution in [0.3, 0.4) is 0 Å². The van der Waals surface area contributed by atoms with Gasteiger partial charge in [-0.2, -0.15) is 0 Å². The minimum absolute atomic E-state index is 0.206. The third-order valence-corrected chi connectivity index (χ3v) is 3.98.